The van der Waals surface area contributed by atoms with Crippen molar-refractivity contribution in [3.05, 3.63) is 89.7 Å². The maximum absolute atomic E-state index is 12.5. The molecule has 1 heterocycles. The number of anilines is 1. The van der Waals surface area contributed by atoms with Crippen LogP contribution in [0.4, 0.5) is 5.69 Å². The maximum Gasteiger partial charge on any atom is 0.269 e. The number of pyridine rings is 1. The van der Waals surface area contributed by atoms with Crippen molar-refractivity contribution >= 4 is 17.5 Å². The zero-order valence-corrected chi connectivity index (χ0v) is 16.2. The third-order valence-electron chi connectivity index (χ3n) is 4.37. The van der Waals surface area contributed by atoms with E-state index in [0.29, 0.717) is 23.5 Å². The number of aryl methyl sites for hydroxylation is 1. The van der Waals surface area contributed by atoms with Crippen molar-refractivity contribution in [3.63, 3.8) is 0 Å². The van der Waals surface area contributed by atoms with Crippen LogP contribution < -0.4 is 15.4 Å². The highest BCUT2D eigenvalue weighted by Crippen LogP contribution is 2.16. The number of aromatic nitrogens is 1. The van der Waals surface area contributed by atoms with Crippen LogP contribution in [-0.4, -0.2) is 30.5 Å². The molecule has 6 nitrogen and oxygen atoms in total. The van der Waals surface area contributed by atoms with Crippen molar-refractivity contribution in [2.75, 3.05) is 19.0 Å². The van der Waals surface area contributed by atoms with Gasteiger partial charge in [0.25, 0.3) is 11.8 Å². The van der Waals surface area contributed by atoms with Crippen LogP contribution in [0.25, 0.3) is 0 Å². The molecule has 2 N–H and O–H groups in total. The smallest absolute Gasteiger partial charge is 0.269 e. The molecule has 0 fully saturated rings. The highest BCUT2D eigenvalue weighted by molar-refractivity contribution is 6.05. The van der Waals surface area contributed by atoms with E-state index in [1.165, 1.54) is 17.8 Å². The number of amides is 2. The first-order chi connectivity index (χ1) is 14.2. The van der Waals surface area contributed by atoms with E-state index in [9.17, 15) is 9.59 Å². The first-order valence-electron chi connectivity index (χ1n) is 9.39. The van der Waals surface area contributed by atoms with Gasteiger partial charge in [-0.3, -0.25) is 14.6 Å². The largest absolute Gasteiger partial charge is 0.497 e. The SMILES string of the molecule is COc1ccc(NC(=O)c2ccnc(C(=O)NCCCc3ccccc3)c2)cc1. The molecule has 3 rings (SSSR count). The average molecular weight is 389 g/mol. The number of benzene rings is 2. The molecule has 0 saturated carbocycles. The second-order valence-corrected chi connectivity index (χ2v) is 6.46. The van der Waals surface area contributed by atoms with Gasteiger partial charge < -0.3 is 15.4 Å². The molecule has 1 aromatic heterocycles. The normalized spacial score (nSPS) is 10.2. The molecule has 0 aliphatic rings. The third-order valence-corrected chi connectivity index (χ3v) is 4.37. The Morgan fingerprint density at radius 2 is 1.72 bits per heavy atom. The van der Waals surface area contributed by atoms with Crippen LogP contribution >= 0.6 is 0 Å². The van der Waals surface area contributed by atoms with E-state index in [1.54, 1.807) is 37.4 Å². The molecule has 0 aliphatic carbocycles. The summed E-state index contributed by atoms with van der Waals surface area (Å²) in [6.45, 7) is 0.539. The van der Waals surface area contributed by atoms with E-state index >= 15 is 0 Å². The van der Waals surface area contributed by atoms with Crippen LogP contribution in [0.2, 0.25) is 0 Å². The lowest BCUT2D eigenvalue weighted by Gasteiger charge is -2.08. The van der Waals surface area contributed by atoms with E-state index in [0.717, 1.165) is 12.8 Å². The number of methoxy groups -OCH3 is 1. The van der Waals surface area contributed by atoms with Crippen molar-refractivity contribution < 1.29 is 14.3 Å². The molecule has 6 heteroatoms. The summed E-state index contributed by atoms with van der Waals surface area (Å²) in [6, 6.07) is 20.2. The fourth-order valence-corrected chi connectivity index (χ4v) is 2.80. The number of carbonyl (C=O) groups is 2. The van der Waals surface area contributed by atoms with E-state index in [-0.39, 0.29) is 17.5 Å². The minimum atomic E-state index is -0.310. The van der Waals surface area contributed by atoms with E-state index < -0.39 is 0 Å². The van der Waals surface area contributed by atoms with Gasteiger partial charge in [0.15, 0.2) is 0 Å². The second-order valence-electron chi connectivity index (χ2n) is 6.46. The molecule has 0 aliphatic heterocycles. The molecular weight excluding hydrogens is 366 g/mol. The van der Waals surface area contributed by atoms with Crippen molar-refractivity contribution in [2.45, 2.75) is 12.8 Å². The molecule has 0 saturated heterocycles. The summed E-state index contributed by atoms with van der Waals surface area (Å²) >= 11 is 0. The van der Waals surface area contributed by atoms with Gasteiger partial charge in [-0.15, -0.1) is 0 Å². The van der Waals surface area contributed by atoms with Crippen LogP contribution in [0.15, 0.2) is 72.9 Å². The Morgan fingerprint density at radius 3 is 2.45 bits per heavy atom. The van der Waals surface area contributed by atoms with Crippen LogP contribution in [0.3, 0.4) is 0 Å². The molecule has 0 atom stereocenters. The van der Waals surface area contributed by atoms with E-state index in [1.807, 2.05) is 18.2 Å². The molecule has 29 heavy (non-hydrogen) atoms. The summed E-state index contributed by atoms with van der Waals surface area (Å²) in [6.07, 6.45) is 3.17. The van der Waals surface area contributed by atoms with Gasteiger partial charge in [0.2, 0.25) is 0 Å². The zero-order valence-electron chi connectivity index (χ0n) is 16.2. The average Bonchev–Trinajstić information content (AvgIpc) is 2.78. The lowest BCUT2D eigenvalue weighted by atomic mass is 10.1. The summed E-state index contributed by atoms with van der Waals surface area (Å²) in [7, 11) is 1.58. The highest BCUT2D eigenvalue weighted by atomic mass is 16.5. The van der Waals surface area contributed by atoms with Crippen molar-refractivity contribution in [1.82, 2.24) is 10.3 Å². The lowest BCUT2D eigenvalue weighted by molar-refractivity contribution is 0.0948. The predicted octanol–water partition coefficient (Wildman–Crippen LogP) is 3.71. The van der Waals surface area contributed by atoms with Crippen LogP contribution in [-0.2, 0) is 6.42 Å². The van der Waals surface area contributed by atoms with E-state index in [4.69, 9.17) is 4.74 Å². The summed E-state index contributed by atoms with van der Waals surface area (Å²) in [4.78, 5) is 28.9. The Labute approximate surface area is 169 Å². The lowest BCUT2D eigenvalue weighted by Crippen LogP contribution is -2.26. The molecule has 0 unspecified atom stereocenters. The first-order valence-corrected chi connectivity index (χ1v) is 9.39. The summed E-state index contributed by atoms with van der Waals surface area (Å²) < 4.78 is 5.10. The summed E-state index contributed by atoms with van der Waals surface area (Å²) in [5.74, 6) is 0.103. The standard InChI is InChI=1S/C23H23N3O3/c1-29-20-11-9-19(10-12-20)26-22(27)18-13-15-24-21(16-18)23(28)25-14-5-8-17-6-3-2-4-7-17/h2-4,6-7,9-13,15-16H,5,8,14H2,1H3,(H,25,28)(H,26,27). The quantitative estimate of drug-likeness (QED) is 0.576. The second kappa shape index (κ2) is 10.0. The fourth-order valence-electron chi connectivity index (χ4n) is 2.80. The van der Waals surface area contributed by atoms with Crippen molar-refractivity contribution in [3.8, 4) is 5.75 Å². The molecule has 3 aromatic rings. The van der Waals surface area contributed by atoms with Gasteiger partial charge in [-0.25, -0.2) is 0 Å². The Morgan fingerprint density at radius 1 is 0.966 bits per heavy atom. The molecular formula is C23H23N3O3. The Bertz CT molecular complexity index is 957. The molecule has 0 radical (unpaired) electrons. The molecule has 0 bridgehead atoms. The maximum atomic E-state index is 12.5. The number of nitrogens with one attached hydrogen (secondary N) is 2. The number of hydrogen-bond donors (Lipinski definition) is 2. The van der Waals surface area contributed by atoms with Crippen LogP contribution in [0, 0.1) is 0 Å². The van der Waals surface area contributed by atoms with Crippen molar-refractivity contribution in [1.29, 1.82) is 0 Å². The highest BCUT2D eigenvalue weighted by Gasteiger charge is 2.12. The zero-order chi connectivity index (χ0) is 20.5. The fraction of sp³-hybridized carbons (Fsp3) is 0.174. The van der Waals surface area contributed by atoms with Gasteiger partial charge >= 0.3 is 0 Å². The van der Waals surface area contributed by atoms with Crippen LogP contribution in [0.1, 0.15) is 32.8 Å². The monoisotopic (exact) mass is 389 g/mol. The number of carbonyl (C=O) groups excluding carboxylic acids is 2. The Balaban J connectivity index is 1.53. The van der Waals surface area contributed by atoms with Crippen LogP contribution in [0.5, 0.6) is 5.75 Å². The van der Waals surface area contributed by atoms with Gasteiger partial charge in [0.1, 0.15) is 11.4 Å². The molecule has 2 aromatic carbocycles. The number of hydrogen-bond acceptors (Lipinski definition) is 4. The van der Waals surface area contributed by atoms with Gasteiger partial charge in [-0.2, -0.15) is 0 Å². The van der Waals surface area contributed by atoms with Gasteiger partial charge in [0, 0.05) is 24.0 Å². The Hall–Kier alpha value is -3.67. The van der Waals surface area contributed by atoms with Gasteiger partial charge in [-0.1, -0.05) is 30.3 Å². The summed E-state index contributed by atoms with van der Waals surface area (Å²) in [5, 5.41) is 5.64. The number of rotatable bonds is 8. The first kappa shape index (κ1) is 20.1. The summed E-state index contributed by atoms with van der Waals surface area (Å²) in [5.41, 5.74) is 2.45. The molecule has 2 amide bonds. The minimum Gasteiger partial charge on any atom is -0.497 e. The Kier molecular flexibility index (Phi) is 6.95. The van der Waals surface area contributed by atoms with Crippen molar-refractivity contribution in [2.24, 2.45) is 0 Å². The number of ether oxygens (including phenoxy) is 1. The molecule has 148 valence electrons. The number of nitrogens with zero attached hydrogens (tertiary/aromatic N) is 1. The minimum absolute atomic E-state index is 0.215. The topological polar surface area (TPSA) is 80.3 Å². The molecule has 0 spiro atoms. The van der Waals surface area contributed by atoms with E-state index in [2.05, 4.69) is 27.8 Å². The van der Waals surface area contributed by atoms with Gasteiger partial charge in [-0.05, 0) is 54.8 Å². The third kappa shape index (κ3) is 5.90. The van der Waals surface area contributed by atoms with Gasteiger partial charge in [0.05, 0.1) is 7.11 Å². The predicted molar refractivity (Wildman–Crippen MR) is 112 cm³/mol.